The minimum absolute atomic E-state index is 0.271. The SMILES string of the molecule is NC1CCCCC1CC(=O)N1CC2CCC1C2. The van der Waals surface area contributed by atoms with Crippen LogP contribution in [0, 0.1) is 11.8 Å². The Bertz CT molecular complexity index is 305. The molecular weight excluding hydrogens is 212 g/mol. The standard InChI is InChI=1S/C14H24N2O/c15-13-4-2-1-3-11(13)8-14(17)16-9-10-5-6-12(16)7-10/h10-13H,1-9,15H2. The van der Waals surface area contributed by atoms with E-state index in [2.05, 4.69) is 4.90 Å². The van der Waals surface area contributed by atoms with Gasteiger partial charge in [0.2, 0.25) is 5.91 Å². The lowest BCUT2D eigenvalue weighted by Gasteiger charge is -2.32. The number of amides is 1. The first-order valence-corrected chi connectivity index (χ1v) is 7.29. The average Bonchev–Trinajstić information content (AvgIpc) is 2.94. The third kappa shape index (κ3) is 2.22. The van der Waals surface area contributed by atoms with Crippen LogP contribution in [0.1, 0.15) is 51.4 Å². The molecule has 3 fully saturated rings. The van der Waals surface area contributed by atoms with Crippen LogP contribution < -0.4 is 5.73 Å². The van der Waals surface area contributed by atoms with E-state index in [1.807, 2.05) is 0 Å². The van der Waals surface area contributed by atoms with Gasteiger partial charge in [-0.3, -0.25) is 4.79 Å². The smallest absolute Gasteiger partial charge is 0.223 e. The zero-order valence-electron chi connectivity index (χ0n) is 10.6. The van der Waals surface area contributed by atoms with Gasteiger partial charge < -0.3 is 10.6 Å². The maximum atomic E-state index is 12.3. The Kier molecular flexibility index (Phi) is 3.12. The molecule has 0 radical (unpaired) electrons. The Morgan fingerprint density at radius 1 is 1.18 bits per heavy atom. The third-order valence-corrected chi connectivity index (χ3v) is 5.13. The minimum atomic E-state index is 0.271. The molecule has 4 unspecified atom stereocenters. The van der Waals surface area contributed by atoms with Crippen LogP contribution in [0.5, 0.6) is 0 Å². The zero-order chi connectivity index (χ0) is 11.8. The zero-order valence-corrected chi connectivity index (χ0v) is 10.6. The molecule has 2 bridgehead atoms. The van der Waals surface area contributed by atoms with Gasteiger partial charge in [0.25, 0.3) is 0 Å². The minimum Gasteiger partial charge on any atom is -0.339 e. The number of likely N-dealkylation sites (tertiary alicyclic amines) is 1. The predicted octanol–water partition coefficient (Wildman–Crippen LogP) is 1.90. The van der Waals surface area contributed by atoms with Gasteiger partial charge in [0, 0.05) is 25.0 Å². The van der Waals surface area contributed by atoms with Crippen LogP contribution in [0.15, 0.2) is 0 Å². The predicted molar refractivity (Wildman–Crippen MR) is 67.4 cm³/mol. The van der Waals surface area contributed by atoms with Gasteiger partial charge in [0.15, 0.2) is 0 Å². The maximum absolute atomic E-state index is 12.3. The Balaban J connectivity index is 1.56. The first-order chi connectivity index (χ1) is 8.24. The Morgan fingerprint density at radius 3 is 2.65 bits per heavy atom. The lowest BCUT2D eigenvalue weighted by atomic mass is 9.82. The van der Waals surface area contributed by atoms with Crippen LogP contribution in [0.4, 0.5) is 0 Å². The number of fused-ring (bicyclic) bond motifs is 2. The van der Waals surface area contributed by atoms with E-state index in [9.17, 15) is 4.79 Å². The maximum Gasteiger partial charge on any atom is 0.223 e. The lowest BCUT2D eigenvalue weighted by molar-refractivity contribution is -0.134. The molecular formula is C14H24N2O. The molecule has 3 rings (SSSR count). The summed E-state index contributed by atoms with van der Waals surface area (Å²) in [6.45, 7) is 1.03. The van der Waals surface area contributed by atoms with E-state index in [-0.39, 0.29) is 6.04 Å². The summed E-state index contributed by atoms with van der Waals surface area (Å²) in [7, 11) is 0. The number of nitrogens with zero attached hydrogens (tertiary/aromatic N) is 1. The van der Waals surface area contributed by atoms with Crippen molar-refractivity contribution in [1.82, 2.24) is 4.90 Å². The molecule has 1 amide bonds. The molecule has 0 aromatic carbocycles. The summed E-state index contributed by atoms with van der Waals surface area (Å²) in [6.07, 6.45) is 9.36. The lowest BCUT2D eigenvalue weighted by Crippen LogP contribution is -2.41. The summed E-state index contributed by atoms with van der Waals surface area (Å²) in [5.41, 5.74) is 6.13. The van der Waals surface area contributed by atoms with Crippen molar-refractivity contribution in [2.45, 2.75) is 63.5 Å². The van der Waals surface area contributed by atoms with Gasteiger partial charge in [-0.1, -0.05) is 12.8 Å². The van der Waals surface area contributed by atoms with E-state index in [1.165, 1.54) is 32.1 Å². The average molecular weight is 236 g/mol. The first-order valence-electron chi connectivity index (χ1n) is 7.29. The summed E-state index contributed by atoms with van der Waals surface area (Å²) in [5.74, 6) is 1.65. The van der Waals surface area contributed by atoms with Gasteiger partial charge in [-0.15, -0.1) is 0 Å². The second-order valence-electron chi connectivity index (χ2n) is 6.29. The molecule has 96 valence electrons. The van der Waals surface area contributed by atoms with Crippen molar-refractivity contribution in [1.29, 1.82) is 0 Å². The van der Waals surface area contributed by atoms with Crippen molar-refractivity contribution in [3.05, 3.63) is 0 Å². The molecule has 0 spiro atoms. The molecule has 17 heavy (non-hydrogen) atoms. The molecule has 3 nitrogen and oxygen atoms in total. The van der Waals surface area contributed by atoms with E-state index in [0.717, 1.165) is 25.3 Å². The number of carbonyl (C=O) groups is 1. The topological polar surface area (TPSA) is 46.3 Å². The summed E-state index contributed by atoms with van der Waals surface area (Å²) in [5, 5.41) is 0. The van der Waals surface area contributed by atoms with Gasteiger partial charge in [-0.05, 0) is 43.9 Å². The van der Waals surface area contributed by atoms with Crippen LogP contribution in [-0.4, -0.2) is 29.4 Å². The Morgan fingerprint density at radius 2 is 2.00 bits per heavy atom. The molecule has 1 heterocycles. The van der Waals surface area contributed by atoms with Crippen LogP contribution in [-0.2, 0) is 4.79 Å². The van der Waals surface area contributed by atoms with E-state index >= 15 is 0 Å². The van der Waals surface area contributed by atoms with Crippen molar-refractivity contribution in [2.75, 3.05) is 6.54 Å². The van der Waals surface area contributed by atoms with Crippen molar-refractivity contribution >= 4 is 5.91 Å². The van der Waals surface area contributed by atoms with Crippen molar-refractivity contribution < 1.29 is 4.79 Å². The fourth-order valence-electron chi connectivity index (χ4n) is 4.06. The van der Waals surface area contributed by atoms with Gasteiger partial charge in [-0.2, -0.15) is 0 Å². The highest BCUT2D eigenvalue weighted by Gasteiger charge is 2.40. The van der Waals surface area contributed by atoms with Gasteiger partial charge in [0.05, 0.1) is 0 Å². The molecule has 2 N–H and O–H groups in total. The monoisotopic (exact) mass is 236 g/mol. The number of hydrogen-bond acceptors (Lipinski definition) is 2. The number of hydrogen-bond donors (Lipinski definition) is 1. The normalized spacial score (nSPS) is 40.9. The Hall–Kier alpha value is -0.570. The third-order valence-electron chi connectivity index (χ3n) is 5.13. The molecule has 2 saturated carbocycles. The number of nitrogens with two attached hydrogens (primary N) is 1. The molecule has 2 aliphatic carbocycles. The second kappa shape index (κ2) is 4.60. The van der Waals surface area contributed by atoms with Crippen molar-refractivity contribution in [2.24, 2.45) is 17.6 Å². The second-order valence-corrected chi connectivity index (χ2v) is 6.29. The molecule has 0 aromatic heterocycles. The molecule has 1 aliphatic heterocycles. The summed E-state index contributed by atoms with van der Waals surface area (Å²) in [6, 6.07) is 0.847. The van der Waals surface area contributed by atoms with E-state index in [4.69, 9.17) is 5.73 Å². The Labute approximate surface area is 104 Å². The van der Waals surface area contributed by atoms with Crippen molar-refractivity contribution in [3.8, 4) is 0 Å². The van der Waals surface area contributed by atoms with Crippen LogP contribution in [0.2, 0.25) is 0 Å². The summed E-state index contributed by atoms with van der Waals surface area (Å²) in [4.78, 5) is 14.5. The quantitative estimate of drug-likeness (QED) is 0.796. The highest BCUT2D eigenvalue weighted by atomic mass is 16.2. The fourth-order valence-corrected chi connectivity index (χ4v) is 4.06. The van der Waals surface area contributed by atoms with Crippen LogP contribution in [0.3, 0.4) is 0 Å². The largest absolute Gasteiger partial charge is 0.339 e. The van der Waals surface area contributed by atoms with E-state index in [0.29, 0.717) is 24.3 Å². The first kappa shape index (κ1) is 11.5. The highest BCUT2D eigenvalue weighted by Crippen LogP contribution is 2.38. The number of rotatable bonds is 2. The van der Waals surface area contributed by atoms with Crippen LogP contribution in [0.25, 0.3) is 0 Å². The summed E-state index contributed by atoms with van der Waals surface area (Å²) < 4.78 is 0. The van der Waals surface area contributed by atoms with Gasteiger partial charge in [0.1, 0.15) is 0 Å². The fraction of sp³-hybridized carbons (Fsp3) is 0.929. The number of piperidine rings is 1. The van der Waals surface area contributed by atoms with Gasteiger partial charge in [-0.25, -0.2) is 0 Å². The number of carbonyl (C=O) groups excluding carboxylic acids is 1. The van der Waals surface area contributed by atoms with Crippen molar-refractivity contribution in [3.63, 3.8) is 0 Å². The van der Waals surface area contributed by atoms with E-state index in [1.54, 1.807) is 0 Å². The molecule has 0 aromatic rings. The highest BCUT2D eigenvalue weighted by molar-refractivity contribution is 5.77. The molecule has 3 aliphatic rings. The molecule has 1 saturated heterocycles. The van der Waals surface area contributed by atoms with Crippen LogP contribution >= 0.6 is 0 Å². The molecule has 4 atom stereocenters. The van der Waals surface area contributed by atoms with E-state index < -0.39 is 0 Å². The van der Waals surface area contributed by atoms with Gasteiger partial charge >= 0.3 is 0 Å². The summed E-state index contributed by atoms with van der Waals surface area (Å²) >= 11 is 0. The molecule has 3 heteroatoms.